The van der Waals surface area contributed by atoms with E-state index in [0.29, 0.717) is 35.6 Å². The fourth-order valence-electron chi connectivity index (χ4n) is 2.84. The second-order valence-electron chi connectivity index (χ2n) is 6.29. The number of methoxy groups -OCH3 is 1. The third kappa shape index (κ3) is 8.26. The van der Waals surface area contributed by atoms with Crippen LogP contribution in [0, 0.1) is 5.92 Å². The highest BCUT2D eigenvalue weighted by Gasteiger charge is 2.12. The molecule has 0 heterocycles. The summed E-state index contributed by atoms with van der Waals surface area (Å²) in [7, 11) is 1.60. The lowest BCUT2D eigenvalue weighted by atomic mass is 10.0. The Morgan fingerprint density at radius 3 is 2.59 bits per heavy atom. The molecule has 7 heteroatoms. The van der Waals surface area contributed by atoms with Gasteiger partial charge in [-0.3, -0.25) is 0 Å². The standard InChI is InChI=1S/C20H34ClN3O3/c1-5-8-15(9-10-25)13-23-20(22-6-2)24-14-16-11-17(21)19(27-7-3)18(12-16)26-4/h11-12,15,25H,5-10,13-14H2,1-4H3,(H2,22,23,24). The highest BCUT2D eigenvalue weighted by atomic mass is 35.5. The fraction of sp³-hybridized carbons (Fsp3) is 0.650. The van der Waals surface area contributed by atoms with Crippen LogP contribution in [0.4, 0.5) is 0 Å². The van der Waals surface area contributed by atoms with Crippen LogP contribution in [0.15, 0.2) is 17.1 Å². The summed E-state index contributed by atoms with van der Waals surface area (Å²) in [6.07, 6.45) is 2.98. The van der Waals surface area contributed by atoms with Crippen LogP contribution in [0.1, 0.15) is 45.6 Å². The topological polar surface area (TPSA) is 75.1 Å². The number of halogens is 1. The smallest absolute Gasteiger partial charge is 0.191 e. The number of aliphatic hydroxyl groups excluding tert-OH is 1. The van der Waals surface area contributed by atoms with Crippen LogP contribution in [0.3, 0.4) is 0 Å². The molecule has 0 aliphatic heterocycles. The van der Waals surface area contributed by atoms with Crippen LogP contribution in [-0.2, 0) is 6.54 Å². The van der Waals surface area contributed by atoms with Crippen LogP contribution >= 0.6 is 11.6 Å². The van der Waals surface area contributed by atoms with Gasteiger partial charge in [0.15, 0.2) is 17.5 Å². The zero-order valence-corrected chi connectivity index (χ0v) is 17.7. The third-order valence-electron chi connectivity index (χ3n) is 4.13. The molecule has 0 amide bonds. The molecule has 1 unspecified atom stereocenters. The van der Waals surface area contributed by atoms with Gasteiger partial charge in [0.25, 0.3) is 0 Å². The van der Waals surface area contributed by atoms with Crippen LogP contribution in [0.2, 0.25) is 5.02 Å². The van der Waals surface area contributed by atoms with Crippen molar-refractivity contribution >= 4 is 17.6 Å². The molecule has 0 radical (unpaired) electrons. The predicted octanol–water partition coefficient (Wildman–Crippen LogP) is 3.60. The first-order valence-electron chi connectivity index (χ1n) is 9.71. The van der Waals surface area contributed by atoms with Gasteiger partial charge in [-0.05, 0) is 50.3 Å². The lowest BCUT2D eigenvalue weighted by molar-refractivity contribution is 0.251. The largest absolute Gasteiger partial charge is 0.493 e. The van der Waals surface area contributed by atoms with E-state index in [1.54, 1.807) is 7.11 Å². The van der Waals surface area contributed by atoms with Crippen molar-refractivity contribution < 1.29 is 14.6 Å². The third-order valence-corrected chi connectivity index (χ3v) is 4.42. The van der Waals surface area contributed by atoms with Gasteiger partial charge < -0.3 is 25.2 Å². The number of aliphatic imine (C=N–C) groups is 1. The monoisotopic (exact) mass is 399 g/mol. The van der Waals surface area contributed by atoms with Crippen LogP contribution < -0.4 is 20.1 Å². The lowest BCUT2D eigenvalue weighted by Gasteiger charge is -2.18. The van der Waals surface area contributed by atoms with Gasteiger partial charge in [-0.25, -0.2) is 4.99 Å². The van der Waals surface area contributed by atoms with E-state index in [-0.39, 0.29) is 6.61 Å². The minimum absolute atomic E-state index is 0.213. The van der Waals surface area contributed by atoms with Gasteiger partial charge in [-0.1, -0.05) is 24.9 Å². The van der Waals surface area contributed by atoms with Crippen LogP contribution in [-0.4, -0.2) is 44.5 Å². The van der Waals surface area contributed by atoms with E-state index >= 15 is 0 Å². The van der Waals surface area contributed by atoms with E-state index in [9.17, 15) is 5.11 Å². The van der Waals surface area contributed by atoms with Gasteiger partial charge in [0, 0.05) is 19.7 Å². The van der Waals surface area contributed by atoms with E-state index in [2.05, 4.69) is 22.5 Å². The summed E-state index contributed by atoms with van der Waals surface area (Å²) in [4.78, 5) is 4.65. The molecular weight excluding hydrogens is 366 g/mol. The van der Waals surface area contributed by atoms with Crippen molar-refractivity contribution in [3.8, 4) is 11.5 Å². The average molecular weight is 400 g/mol. The summed E-state index contributed by atoms with van der Waals surface area (Å²) in [5, 5.41) is 16.4. The van der Waals surface area contributed by atoms with Gasteiger partial charge in [-0.15, -0.1) is 0 Å². The number of ether oxygens (including phenoxy) is 2. The van der Waals surface area contributed by atoms with E-state index in [1.165, 1.54) is 0 Å². The number of aliphatic hydroxyl groups is 1. The molecule has 1 atom stereocenters. The number of hydrogen-bond acceptors (Lipinski definition) is 4. The van der Waals surface area contributed by atoms with Crippen molar-refractivity contribution in [2.45, 2.75) is 46.6 Å². The first-order valence-corrected chi connectivity index (χ1v) is 10.1. The maximum absolute atomic E-state index is 9.21. The number of nitrogens with zero attached hydrogens (tertiary/aromatic N) is 1. The summed E-state index contributed by atoms with van der Waals surface area (Å²) in [5.41, 5.74) is 0.943. The second-order valence-corrected chi connectivity index (χ2v) is 6.69. The Labute approximate surface area is 168 Å². The Morgan fingerprint density at radius 2 is 2.00 bits per heavy atom. The van der Waals surface area contributed by atoms with Gasteiger partial charge in [0.05, 0.1) is 25.3 Å². The summed E-state index contributed by atoms with van der Waals surface area (Å²) in [6.45, 7) is 8.86. The number of benzene rings is 1. The minimum atomic E-state index is 0.213. The zero-order chi connectivity index (χ0) is 20.1. The molecule has 27 heavy (non-hydrogen) atoms. The summed E-state index contributed by atoms with van der Waals surface area (Å²) >= 11 is 6.33. The zero-order valence-electron chi connectivity index (χ0n) is 17.0. The molecule has 154 valence electrons. The van der Waals surface area contributed by atoms with Crippen molar-refractivity contribution in [1.29, 1.82) is 0 Å². The van der Waals surface area contributed by atoms with E-state index in [0.717, 1.165) is 43.9 Å². The molecule has 0 fully saturated rings. The van der Waals surface area contributed by atoms with Crippen LogP contribution in [0.25, 0.3) is 0 Å². The Hall–Kier alpha value is -1.66. The Balaban J connectivity index is 2.83. The van der Waals surface area contributed by atoms with Gasteiger partial charge >= 0.3 is 0 Å². The molecule has 0 aliphatic rings. The normalized spacial score (nSPS) is 12.6. The van der Waals surface area contributed by atoms with Gasteiger partial charge in [0.1, 0.15) is 0 Å². The molecule has 0 bridgehead atoms. The minimum Gasteiger partial charge on any atom is -0.493 e. The molecule has 6 nitrogen and oxygen atoms in total. The highest BCUT2D eigenvalue weighted by Crippen LogP contribution is 2.36. The maximum atomic E-state index is 9.21. The lowest BCUT2D eigenvalue weighted by Crippen LogP contribution is -2.40. The van der Waals surface area contributed by atoms with Crippen molar-refractivity contribution in [1.82, 2.24) is 10.6 Å². The van der Waals surface area contributed by atoms with Gasteiger partial charge in [-0.2, -0.15) is 0 Å². The van der Waals surface area contributed by atoms with Crippen molar-refractivity contribution in [2.24, 2.45) is 10.9 Å². The quantitative estimate of drug-likeness (QED) is 0.370. The van der Waals surface area contributed by atoms with Crippen molar-refractivity contribution in [3.63, 3.8) is 0 Å². The molecule has 0 saturated heterocycles. The molecule has 1 aromatic carbocycles. The van der Waals surface area contributed by atoms with Crippen molar-refractivity contribution in [3.05, 3.63) is 22.7 Å². The number of guanidine groups is 1. The van der Waals surface area contributed by atoms with Crippen LogP contribution in [0.5, 0.6) is 11.5 Å². The van der Waals surface area contributed by atoms with Gasteiger partial charge in [0.2, 0.25) is 0 Å². The molecule has 0 saturated carbocycles. The number of hydrogen-bond donors (Lipinski definition) is 3. The van der Waals surface area contributed by atoms with E-state index in [1.807, 2.05) is 26.0 Å². The number of rotatable bonds is 12. The molecule has 1 rings (SSSR count). The van der Waals surface area contributed by atoms with E-state index < -0.39 is 0 Å². The molecule has 0 aromatic heterocycles. The molecule has 3 N–H and O–H groups in total. The van der Waals surface area contributed by atoms with Crippen molar-refractivity contribution in [2.75, 3.05) is 33.4 Å². The molecule has 1 aromatic rings. The Bertz CT molecular complexity index is 576. The summed E-state index contributed by atoms with van der Waals surface area (Å²) in [5.74, 6) is 2.36. The first-order chi connectivity index (χ1) is 13.1. The first kappa shape index (κ1) is 23.4. The number of nitrogens with one attached hydrogen (secondary N) is 2. The molecule has 0 spiro atoms. The summed E-state index contributed by atoms with van der Waals surface area (Å²) < 4.78 is 10.9. The SMILES string of the molecule is CCCC(CCO)CNC(=NCc1cc(Cl)c(OCC)c(OC)c1)NCC. The Kier molecular flexibility index (Phi) is 11.7. The maximum Gasteiger partial charge on any atom is 0.191 e. The predicted molar refractivity (Wildman–Crippen MR) is 112 cm³/mol. The molecule has 0 aliphatic carbocycles. The molecular formula is C20H34ClN3O3. The average Bonchev–Trinajstić information content (AvgIpc) is 2.66. The summed E-state index contributed by atoms with van der Waals surface area (Å²) in [6, 6.07) is 3.75. The van der Waals surface area contributed by atoms with E-state index in [4.69, 9.17) is 21.1 Å². The Morgan fingerprint density at radius 1 is 1.22 bits per heavy atom. The fourth-order valence-corrected chi connectivity index (χ4v) is 3.13. The second kappa shape index (κ2) is 13.5. The highest BCUT2D eigenvalue weighted by molar-refractivity contribution is 6.32.